The van der Waals surface area contributed by atoms with Crippen LogP contribution in [0.3, 0.4) is 0 Å². The summed E-state index contributed by atoms with van der Waals surface area (Å²) >= 11 is 0. The van der Waals surface area contributed by atoms with Gasteiger partial charge in [0.25, 0.3) is 0 Å². The highest BCUT2D eigenvalue weighted by molar-refractivity contribution is 5.51. The number of piperidine rings is 1. The summed E-state index contributed by atoms with van der Waals surface area (Å²) in [7, 11) is 0. The van der Waals surface area contributed by atoms with Gasteiger partial charge in [-0.2, -0.15) is 5.10 Å². The summed E-state index contributed by atoms with van der Waals surface area (Å²) in [6.45, 7) is 2.03. The van der Waals surface area contributed by atoms with Gasteiger partial charge in [-0.3, -0.25) is 0 Å². The molecule has 0 radical (unpaired) electrons. The van der Waals surface area contributed by atoms with Crippen LogP contribution in [0.2, 0.25) is 0 Å². The zero-order valence-corrected chi connectivity index (χ0v) is 9.45. The molecule has 0 amide bonds. The molecule has 1 aliphatic heterocycles. The van der Waals surface area contributed by atoms with E-state index in [1.807, 2.05) is 16.8 Å². The Morgan fingerprint density at radius 3 is 3.12 bits per heavy atom. The molecule has 1 aliphatic rings. The largest absolute Gasteiger partial charge is 0.315 e. The first-order valence-electron chi connectivity index (χ1n) is 5.84. The Morgan fingerprint density at radius 2 is 2.35 bits per heavy atom. The maximum absolute atomic E-state index is 4.18. The maximum Gasteiger partial charge on any atom is 0.113 e. The van der Waals surface area contributed by atoms with Gasteiger partial charge in [0.05, 0.1) is 12.2 Å². The summed E-state index contributed by atoms with van der Waals surface area (Å²) < 4.78 is 1.95. The van der Waals surface area contributed by atoms with Gasteiger partial charge in [0, 0.05) is 12.7 Å². The van der Waals surface area contributed by atoms with Crippen molar-refractivity contribution in [1.29, 1.82) is 0 Å². The molecule has 6 nitrogen and oxygen atoms in total. The van der Waals surface area contributed by atoms with Gasteiger partial charge in [0.2, 0.25) is 0 Å². The molecular weight excluding hydrogens is 216 g/mol. The second kappa shape index (κ2) is 4.58. The van der Waals surface area contributed by atoms with Gasteiger partial charge in [-0.25, -0.2) is 4.68 Å². The molecule has 3 heterocycles. The van der Waals surface area contributed by atoms with Crippen LogP contribution in [0, 0.1) is 0 Å². The first-order chi connectivity index (χ1) is 8.45. The first-order valence-corrected chi connectivity index (χ1v) is 5.84. The lowest BCUT2D eigenvalue weighted by atomic mass is 10.1. The molecule has 3 rings (SSSR count). The minimum absolute atomic E-state index is 0.364. The topological polar surface area (TPSA) is 68.5 Å². The molecule has 2 aromatic heterocycles. The molecule has 2 aromatic rings. The molecule has 0 bridgehead atoms. The molecule has 0 aromatic carbocycles. The molecule has 1 fully saturated rings. The smallest absolute Gasteiger partial charge is 0.113 e. The van der Waals surface area contributed by atoms with Crippen molar-refractivity contribution in [3.8, 4) is 11.4 Å². The van der Waals surface area contributed by atoms with Gasteiger partial charge < -0.3 is 5.32 Å². The van der Waals surface area contributed by atoms with E-state index in [1.165, 1.54) is 6.42 Å². The number of rotatable bonds is 2. The van der Waals surface area contributed by atoms with E-state index in [4.69, 9.17) is 0 Å². The minimum Gasteiger partial charge on any atom is -0.315 e. The summed E-state index contributed by atoms with van der Waals surface area (Å²) in [5, 5.41) is 19.5. The lowest BCUT2D eigenvalue weighted by Gasteiger charge is -2.23. The highest BCUT2D eigenvalue weighted by atomic mass is 15.4. The highest BCUT2D eigenvalue weighted by Crippen LogP contribution is 2.22. The van der Waals surface area contributed by atoms with Crippen molar-refractivity contribution in [2.45, 2.75) is 18.9 Å². The second-order valence-electron chi connectivity index (χ2n) is 4.17. The van der Waals surface area contributed by atoms with E-state index in [0.29, 0.717) is 6.04 Å². The molecule has 1 N–H and O–H groups in total. The van der Waals surface area contributed by atoms with Crippen LogP contribution >= 0.6 is 0 Å². The standard InChI is InChI=1S/C11H14N6/c1-3-9(7-12-5-1)17-11(8-14-16-17)10-4-2-6-13-15-10/h2,4,6,8-9,12H,1,3,5,7H2. The van der Waals surface area contributed by atoms with Crippen LogP contribution in [0.4, 0.5) is 0 Å². The van der Waals surface area contributed by atoms with Crippen molar-refractivity contribution < 1.29 is 0 Å². The number of hydrogen-bond donors (Lipinski definition) is 1. The Morgan fingerprint density at radius 1 is 1.35 bits per heavy atom. The summed E-state index contributed by atoms with van der Waals surface area (Å²) in [6, 6.07) is 4.17. The van der Waals surface area contributed by atoms with Gasteiger partial charge in [0.1, 0.15) is 11.4 Å². The van der Waals surface area contributed by atoms with Crippen LogP contribution < -0.4 is 5.32 Å². The number of nitrogens with one attached hydrogen (secondary N) is 1. The fourth-order valence-electron chi connectivity index (χ4n) is 2.18. The molecule has 1 atom stereocenters. The van der Waals surface area contributed by atoms with Crippen molar-refractivity contribution in [2.24, 2.45) is 0 Å². The van der Waals surface area contributed by atoms with Crippen LogP contribution in [0.5, 0.6) is 0 Å². The Bertz CT molecular complexity index is 474. The van der Waals surface area contributed by atoms with Crippen LogP contribution in [-0.2, 0) is 0 Å². The SMILES string of the molecule is c1cnnc(-c2cnnn2C2CCCNC2)c1. The summed E-state index contributed by atoms with van der Waals surface area (Å²) in [4.78, 5) is 0. The fraction of sp³-hybridized carbons (Fsp3) is 0.455. The predicted octanol–water partition coefficient (Wildman–Crippen LogP) is 0.660. The molecule has 1 saturated heterocycles. The van der Waals surface area contributed by atoms with Crippen LogP contribution in [0.25, 0.3) is 11.4 Å². The molecule has 17 heavy (non-hydrogen) atoms. The van der Waals surface area contributed by atoms with E-state index in [2.05, 4.69) is 25.8 Å². The molecule has 0 saturated carbocycles. The van der Waals surface area contributed by atoms with E-state index in [0.717, 1.165) is 30.9 Å². The van der Waals surface area contributed by atoms with Crippen molar-refractivity contribution in [1.82, 2.24) is 30.5 Å². The first kappa shape index (κ1) is 10.3. The molecular formula is C11H14N6. The lowest BCUT2D eigenvalue weighted by molar-refractivity contribution is 0.343. The maximum atomic E-state index is 4.18. The quantitative estimate of drug-likeness (QED) is 0.820. The normalized spacial score (nSPS) is 20.4. The zero-order valence-electron chi connectivity index (χ0n) is 9.45. The minimum atomic E-state index is 0.364. The van der Waals surface area contributed by atoms with E-state index in [9.17, 15) is 0 Å². The molecule has 88 valence electrons. The van der Waals surface area contributed by atoms with Crippen molar-refractivity contribution in [2.75, 3.05) is 13.1 Å². The third-order valence-electron chi connectivity index (χ3n) is 3.03. The second-order valence-corrected chi connectivity index (χ2v) is 4.17. The summed E-state index contributed by atoms with van der Waals surface area (Å²) in [5.74, 6) is 0. The third kappa shape index (κ3) is 2.03. The Labute approximate surface area is 99.1 Å². The Hall–Kier alpha value is -1.82. The van der Waals surface area contributed by atoms with Crippen molar-refractivity contribution >= 4 is 0 Å². The lowest BCUT2D eigenvalue weighted by Crippen LogP contribution is -2.32. The van der Waals surface area contributed by atoms with Crippen molar-refractivity contribution in [3.05, 3.63) is 24.5 Å². The van der Waals surface area contributed by atoms with E-state index < -0.39 is 0 Å². The van der Waals surface area contributed by atoms with Crippen LogP contribution in [0.15, 0.2) is 24.5 Å². The van der Waals surface area contributed by atoms with Crippen LogP contribution in [-0.4, -0.2) is 38.3 Å². The van der Waals surface area contributed by atoms with E-state index in [-0.39, 0.29) is 0 Å². The highest BCUT2D eigenvalue weighted by Gasteiger charge is 2.19. The number of aromatic nitrogens is 5. The predicted molar refractivity (Wildman–Crippen MR) is 62.2 cm³/mol. The van der Waals surface area contributed by atoms with Gasteiger partial charge in [-0.1, -0.05) is 5.21 Å². The third-order valence-corrected chi connectivity index (χ3v) is 3.03. The van der Waals surface area contributed by atoms with Gasteiger partial charge >= 0.3 is 0 Å². The number of nitrogens with zero attached hydrogens (tertiary/aromatic N) is 5. The van der Waals surface area contributed by atoms with Crippen LogP contribution in [0.1, 0.15) is 18.9 Å². The average Bonchev–Trinajstić information content (AvgIpc) is 2.90. The number of hydrogen-bond acceptors (Lipinski definition) is 5. The summed E-state index contributed by atoms with van der Waals surface area (Å²) in [6.07, 6.45) is 5.71. The fourth-order valence-corrected chi connectivity index (χ4v) is 2.18. The van der Waals surface area contributed by atoms with E-state index >= 15 is 0 Å². The van der Waals surface area contributed by atoms with E-state index in [1.54, 1.807) is 12.4 Å². The Balaban J connectivity index is 1.93. The molecule has 0 aliphatic carbocycles. The monoisotopic (exact) mass is 230 g/mol. The molecule has 6 heteroatoms. The summed E-state index contributed by atoms with van der Waals surface area (Å²) in [5.41, 5.74) is 1.76. The molecule has 1 unspecified atom stereocenters. The Kier molecular flexibility index (Phi) is 2.79. The zero-order chi connectivity index (χ0) is 11.5. The van der Waals surface area contributed by atoms with Gasteiger partial charge in [-0.15, -0.1) is 10.2 Å². The van der Waals surface area contributed by atoms with Crippen molar-refractivity contribution in [3.63, 3.8) is 0 Å². The van der Waals surface area contributed by atoms with Gasteiger partial charge in [0.15, 0.2) is 0 Å². The van der Waals surface area contributed by atoms with Gasteiger partial charge in [-0.05, 0) is 31.5 Å². The average molecular weight is 230 g/mol. The molecule has 0 spiro atoms.